The SMILES string of the molecule is O=C(NCc1cccnc1)c1cccnc1NCCc1cccc(F)c1. The minimum Gasteiger partial charge on any atom is -0.369 e. The molecule has 0 aliphatic rings. The van der Waals surface area contributed by atoms with Crippen molar-refractivity contribution in [3.63, 3.8) is 0 Å². The summed E-state index contributed by atoms with van der Waals surface area (Å²) in [5.41, 5.74) is 2.27. The third-order valence-electron chi connectivity index (χ3n) is 3.82. The van der Waals surface area contributed by atoms with Gasteiger partial charge in [-0.2, -0.15) is 0 Å². The highest BCUT2D eigenvalue weighted by Gasteiger charge is 2.11. The Bertz CT molecular complexity index is 870. The lowest BCUT2D eigenvalue weighted by atomic mass is 10.1. The highest BCUT2D eigenvalue weighted by atomic mass is 19.1. The highest BCUT2D eigenvalue weighted by Crippen LogP contribution is 2.12. The molecule has 0 aliphatic heterocycles. The molecule has 1 aromatic carbocycles. The lowest BCUT2D eigenvalue weighted by molar-refractivity contribution is 0.0951. The van der Waals surface area contributed by atoms with Gasteiger partial charge < -0.3 is 10.6 Å². The molecule has 2 N–H and O–H groups in total. The van der Waals surface area contributed by atoms with Crippen molar-refractivity contribution in [1.82, 2.24) is 15.3 Å². The third kappa shape index (κ3) is 4.86. The van der Waals surface area contributed by atoms with Gasteiger partial charge in [-0.05, 0) is 47.9 Å². The van der Waals surface area contributed by atoms with Crippen molar-refractivity contribution in [2.45, 2.75) is 13.0 Å². The van der Waals surface area contributed by atoms with Crippen LogP contribution in [0.2, 0.25) is 0 Å². The first-order valence-corrected chi connectivity index (χ1v) is 8.33. The molecule has 1 amide bonds. The number of aromatic nitrogens is 2. The summed E-state index contributed by atoms with van der Waals surface area (Å²) in [6, 6.07) is 13.6. The van der Waals surface area contributed by atoms with Crippen LogP contribution in [0.15, 0.2) is 67.1 Å². The molecule has 6 heteroatoms. The van der Waals surface area contributed by atoms with Gasteiger partial charge in [0.05, 0.1) is 5.56 Å². The standard InChI is InChI=1S/C20H19FN4O/c21-17-6-1-4-15(12-17)8-11-24-19-18(7-3-10-23-19)20(26)25-14-16-5-2-9-22-13-16/h1-7,9-10,12-13H,8,11,14H2,(H,23,24)(H,25,26). The number of rotatable bonds is 7. The second kappa shape index (κ2) is 8.71. The summed E-state index contributed by atoms with van der Waals surface area (Å²) in [7, 11) is 0. The first kappa shape index (κ1) is 17.5. The molecule has 0 radical (unpaired) electrons. The lowest BCUT2D eigenvalue weighted by Crippen LogP contribution is -2.24. The number of hydrogen-bond donors (Lipinski definition) is 2. The Labute approximate surface area is 151 Å². The lowest BCUT2D eigenvalue weighted by Gasteiger charge is -2.11. The minimum absolute atomic E-state index is 0.213. The Hall–Kier alpha value is -3.28. The maximum Gasteiger partial charge on any atom is 0.255 e. The normalized spacial score (nSPS) is 10.3. The molecule has 0 bridgehead atoms. The number of benzene rings is 1. The summed E-state index contributed by atoms with van der Waals surface area (Å²) in [6.45, 7) is 0.938. The van der Waals surface area contributed by atoms with Crippen LogP contribution >= 0.6 is 0 Å². The van der Waals surface area contributed by atoms with Crippen molar-refractivity contribution < 1.29 is 9.18 Å². The smallest absolute Gasteiger partial charge is 0.255 e. The van der Waals surface area contributed by atoms with E-state index in [1.54, 1.807) is 36.8 Å². The van der Waals surface area contributed by atoms with Gasteiger partial charge >= 0.3 is 0 Å². The van der Waals surface area contributed by atoms with Gasteiger partial charge in [-0.25, -0.2) is 9.37 Å². The summed E-state index contributed by atoms with van der Waals surface area (Å²) in [5.74, 6) is 0.0404. The average molecular weight is 350 g/mol. The molecule has 0 spiro atoms. The number of anilines is 1. The summed E-state index contributed by atoms with van der Waals surface area (Å²) < 4.78 is 13.2. The van der Waals surface area contributed by atoms with Crippen molar-refractivity contribution in [3.8, 4) is 0 Å². The molecule has 3 aromatic rings. The van der Waals surface area contributed by atoms with Crippen LogP contribution in [-0.2, 0) is 13.0 Å². The Morgan fingerprint density at radius 3 is 2.69 bits per heavy atom. The van der Waals surface area contributed by atoms with Crippen molar-refractivity contribution in [2.24, 2.45) is 0 Å². The van der Waals surface area contributed by atoms with E-state index in [4.69, 9.17) is 0 Å². The number of halogens is 1. The van der Waals surface area contributed by atoms with Crippen molar-refractivity contribution in [3.05, 3.63) is 89.6 Å². The first-order valence-electron chi connectivity index (χ1n) is 8.33. The fraction of sp³-hybridized carbons (Fsp3) is 0.150. The fourth-order valence-electron chi connectivity index (χ4n) is 2.53. The van der Waals surface area contributed by atoms with Crippen LogP contribution in [0.5, 0.6) is 0 Å². The van der Waals surface area contributed by atoms with E-state index in [1.807, 2.05) is 18.2 Å². The van der Waals surface area contributed by atoms with E-state index in [-0.39, 0.29) is 11.7 Å². The molecule has 2 heterocycles. The number of amides is 1. The van der Waals surface area contributed by atoms with Crippen LogP contribution in [0, 0.1) is 5.82 Å². The quantitative estimate of drug-likeness (QED) is 0.687. The minimum atomic E-state index is -0.254. The topological polar surface area (TPSA) is 66.9 Å². The van der Waals surface area contributed by atoms with Crippen molar-refractivity contribution >= 4 is 11.7 Å². The van der Waals surface area contributed by atoms with E-state index in [0.717, 1.165) is 11.1 Å². The van der Waals surface area contributed by atoms with E-state index in [1.165, 1.54) is 12.1 Å². The molecule has 26 heavy (non-hydrogen) atoms. The molecular weight excluding hydrogens is 331 g/mol. The molecule has 0 aliphatic carbocycles. The monoisotopic (exact) mass is 350 g/mol. The van der Waals surface area contributed by atoms with E-state index >= 15 is 0 Å². The molecule has 0 fully saturated rings. The van der Waals surface area contributed by atoms with Gasteiger partial charge in [-0.3, -0.25) is 9.78 Å². The molecule has 0 unspecified atom stereocenters. The Balaban J connectivity index is 1.59. The van der Waals surface area contributed by atoms with Gasteiger partial charge in [-0.1, -0.05) is 18.2 Å². The zero-order valence-electron chi connectivity index (χ0n) is 14.2. The number of carbonyl (C=O) groups excluding carboxylic acids is 1. The van der Waals surface area contributed by atoms with E-state index in [0.29, 0.717) is 30.9 Å². The van der Waals surface area contributed by atoms with Crippen molar-refractivity contribution in [2.75, 3.05) is 11.9 Å². The van der Waals surface area contributed by atoms with Crippen LogP contribution < -0.4 is 10.6 Å². The average Bonchev–Trinajstić information content (AvgIpc) is 2.67. The number of pyridine rings is 2. The van der Waals surface area contributed by atoms with Crippen LogP contribution in [0.1, 0.15) is 21.5 Å². The van der Waals surface area contributed by atoms with Gasteiger partial charge in [0.1, 0.15) is 11.6 Å². The Morgan fingerprint density at radius 1 is 1.04 bits per heavy atom. The van der Waals surface area contributed by atoms with E-state index < -0.39 is 0 Å². The largest absolute Gasteiger partial charge is 0.369 e. The maximum absolute atomic E-state index is 13.2. The Kier molecular flexibility index (Phi) is 5.88. The van der Waals surface area contributed by atoms with Gasteiger partial charge in [0, 0.05) is 31.7 Å². The number of hydrogen-bond acceptors (Lipinski definition) is 4. The van der Waals surface area contributed by atoms with Gasteiger partial charge in [-0.15, -0.1) is 0 Å². The molecule has 2 aromatic heterocycles. The highest BCUT2D eigenvalue weighted by molar-refractivity contribution is 5.98. The second-order valence-electron chi connectivity index (χ2n) is 5.75. The van der Waals surface area contributed by atoms with Gasteiger partial charge in [0.15, 0.2) is 0 Å². The number of nitrogens with one attached hydrogen (secondary N) is 2. The molecular formula is C20H19FN4O. The molecule has 0 atom stereocenters. The molecule has 0 saturated carbocycles. The van der Waals surface area contributed by atoms with E-state index in [2.05, 4.69) is 20.6 Å². The van der Waals surface area contributed by atoms with Gasteiger partial charge in [0.2, 0.25) is 0 Å². The second-order valence-corrected chi connectivity index (χ2v) is 5.75. The number of nitrogens with zero attached hydrogens (tertiary/aromatic N) is 2. The van der Waals surface area contributed by atoms with Crippen LogP contribution in [0.4, 0.5) is 10.2 Å². The molecule has 3 rings (SSSR count). The first-order chi connectivity index (χ1) is 12.7. The molecule has 0 saturated heterocycles. The van der Waals surface area contributed by atoms with Crippen LogP contribution in [0.3, 0.4) is 0 Å². The third-order valence-corrected chi connectivity index (χ3v) is 3.82. The van der Waals surface area contributed by atoms with E-state index in [9.17, 15) is 9.18 Å². The number of carbonyl (C=O) groups is 1. The summed E-state index contributed by atoms with van der Waals surface area (Å²) >= 11 is 0. The predicted octanol–water partition coefficient (Wildman–Crippen LogP) is 3.20. The summed E-state index contributed by atoms with van der Waals surface area (Å²) in [4.78, 5) is 20.7. The van der Waals surface area contributed by atoms with Crippen molar-refractivity contribution in [1.29, 1.82) is 0 Å². The van der Waals surface area contributed by atoms with Crippen LogP contribution in [-0.4, -0.2) is 22.4 Å². The maximum atomic E-state index is 13.2. The fourth-order valence-corrected chi connectivity index (χ4v) is 2.53. The Morgan fingerprint density at radius 2 is 1.88 bits per heavy atom. The predicted molar refractivity (Wildman–Crippen MR) is 98.2 cm³/mol. The molecule has 132 valence electrons. The zero-order valence-corrected chi connectivity index (χ0v) is 14.2. The zero-order chi connectivity index (χ0) is 18.2. The summed E-state index contributed by atoms with van der Waals surface area (Å²) in [5, 5.41) is 6.02. The molecule has 5 nitrogen and oxygen atoms in total. The van der Waals surface area contributed by atoms with Crippen LogP contribution in [0.25, 0.3) is 0 Å². The van der Waals surface area contributed by atoms with Gasteiger partial charge in [0.25, 0.3) is 5.91 Å². The summed E-state index contributed by atoms with van der Waals surface area (Å²) in [6.07, 6.45) is 5.65.